The molecule has 1 aromatic rings. The Labute approximate surface area is 199 Å². The van der Waals surface area contributed by atoms with Gasteiger partial charge >= 0.3 is 0 Å². The third-order valence-electron chi connectivity index (χ3n) is 5.02. The molecule has 0 radical (unpaired) electrons. The average Bonchev–Trinajstić information content (AvgIpc) is 3.24. The minimum atomic E-state index is 0. The van der Waals surface area contributed by atoms with Crippen molar-refractivity contribution in [1.82, 2.24) is 15.5 Å². The Morgan fingerprint density at radius 2 is 2.10 bits per heavy atom. The molecule has 0 saturated carbocycles. The topological polar surface area (TPSA) is 67.4 Å². The summed E-state index contributed by atoms with van der Waals surface area (Å²) in [4.78, 5) is 6.98. The number of ether oxygens (including phenoxy) is 3. The first kappa shape index (κ1) is 26.9. The van der Waals surface area contributed by atoms with Crippen LogP contribution in [0.1, 0.15) is 31.4 Å². The first-order valence-corrected chi connectivity index (χ1v) is 10.6. The average molecular weight is 534 g/mol. The molecule has 2 atom stereocenters. The third kappa shape index (κ3) is 9.36. The molecule has 0 amide bonds. The van der Waals surface area contributed by atoms with Crippen LogP contribution in [-0.4, -0.2) is 78.1 Å². The van der Waals surface area contributed by atoms with Crippen molar-refractivity contribution in [3.05, 3.63) is 29.8 Å². The molecule has 0 aromatic heterocycles. The van der Waals surface area contributed by atoms with Crippen LogP contribution in [0.4, 0.5) is 0 Å². The molecule has 2 unspecified atom stereocenters. The number of methoxy groups -OCH3 is 1. The molecule has 172 valence electrons. The first-order chi connectivity index (χ1) is 14.2. The fourth-order valence-electron chi connectivity index (χ4n) is 3.35. The van der Waals surface area contributed by atoms with Crippen molar-refractivity contribution in [2.24, 2.45) is 10.9 Å². The number of guanidine groups is 1. The van der Waals surface area contributed by atoms with E-state index in [4.69, 9.17) is 19.2 Å². The highest BCUT2D eigenvalue weighted by Gasteiger charge is 2.18. The van der Waals surface area contributed by atoms with Crippen molar-refractivity contribution in [2.75, 3.05) is 67.3 Å². The van der Waals surface area contributed by atoms with E-state index in [1.54, 1.807) is 7.11 Å². The van der Waals surface area contributed by atoms with E-state index in [0.717, 1.165) is 69.6 Å². The Hall–Kier alpha value is -1.10. The van der Waals surface area contributed by atoms with Crippen molar-refractivity contribution < 1.29 is 14.2 Å². The van der Waals surface area contributed by atoms with Gasteiger partial charge in [-0.05, 0) is 39.9 Å². The van der Waals surface area contributed by atoms with Crippen LogP contribution in [0.5, 0.6) is 5.75 Å². The molecule has 30 heavy (non-hydrogen) atoms. The molecule has 8 heteroatoms. The van der Waals surface area contributed by atoms with Crippen LogP contribution >= 0.6 is 24.0 Å². The molecule has 1 aromatic carbocycles. The molecule has 1 fully saturated rings. The van der Waals surface area contributed by atoms with E-state index >= 15 is 0 Å². The van der Waals surface area contributed by atoms with Gasteiger partial charge < -0.3 is 29.7 Å². The third-order valence-corrected chi connectivity index (χ3v) is 5.02. The number of nitrogens with one attached hydrogen (secondary N) is 2. The molecule has 7 nitrogen and oxygen atoms in total. The highest BCUT2D eigenvalue weighted by molar-refractivity contribution is 14.0. The molecule has 0 spiro atoms. The molecule has 1 aliphatic heterocycles. The van der Waals surface area contributed by atoms with Crippen molar-refractivity contribution in [2.45, 2.75) is 25.8 Å². The van der Waals surface area contributed by atoms with Gasteiger partial charge in [0.15, 0.2) is 5.96 Å². The summed E-state index contributed by atoms with van der Waals surface area (Å²) < 4.78 is 16.7. The van der Waals surface area contributed by atoms with Gasteiger partial charge in [0.05, 0.1) is 32.9 Å². The second-order valence-corrected chi connectivity index (χ2v) is 7.53. The molecular weight excluding hydrogens is 495 g/mol. The number of rotatable bonds is 12. The number of halogens is 1. The predicted octanol–water partition coefficient (Wildman–Crippen LogP) is 2.91. The standard InChI is InChI=1S/C22H38N4O3.HI/c1-5-23-22(24-12-8-13-28-16-18-11-14-29-17-18)25-15-20(26(2)3)19-9-6-7-10-21(19)27-4;/h6-7,9-10,18,20H,5,8,11-17H2,1-4H3,(H2,23,24,25);1H. The first-order valence-electron chi connectivity index (χ1n) is 10.6. The summed E-state index contributed by atoms with van der Waals surface area (Å²) in [6, 6.07) is 8.27. The smallest absolute Gasteiger partial charge is 0.191 e. The summed E-state index contributed by atoms with van der Waals surface area (Å²) in [5, 5.41) is 6.73. The van der Waals surface area contributed by atoms with Gasteiger partial charge in [0.25, 0.3) is 0 Å². The lowest BCUT2D eigenvalue weighted by molar-refractivity contribution is 0.0888. The van der Waals surface area contributed by atoms with Crippen LogP contribution in [0, 0.1) is 5.92 Å². The van der Waals surface area contributed by atoms with E-state index in [-0.39, 0.29) is 30.0 Å². The SMILES string of the molecule is CCNC(=NCC(c1ccccc1OC)N(C)C)NCCCOCC1CCOC1.I. The lowest BCUT2D eigenvalue weighted by atomic mass is 10.0. The zero-order chi connectivity index (χ0) is 20.9. The quantitative estimate of drug-likeness (QED) is 0.186. The van der Waals surface area contributed by atoms with E-state index in [0.29, 0.717) is 12.5 Å². The molecule has 0 aliphatic carbocycles. The number of para-hydroxylation sites is 1. The minimum Gasteiger partial charge on any atom is -0.496 e. The van der Waals surface area contributed by atoms with Gasteiger partial charge in [0.1, 0.15) is 5.75 Å². The number of nitrogens with zero attached hydrogens (tertiary/aromatic N) is 2. The van der Waals surface area contributed by atoms with Crippen LogP contribution in [0.25, 0.3) is 0 Å². The zero-order valence-electron chi connectivity index (χ0n) is 18.9. The molecule has 2 N–H and O–H groups in total. The number of likely N-dealkylation sites (N-methyl/N-ethyl adjacent to an activating group) is 1. The van der Waals surface area contributed by atoms with E-state index in [9.17, 15) is 0 Å². The fraction of sp³-hybridized carbons (Fsp3) is 0.682. The maximum Gasteiger partial charge on any atom is 0.191 e. The number of aliphatic imine (C=N–C) groups is 1. The Morgan fingerprint density at radius 3 is 2.77 bits per heavy atom. The molecule has 1 saturated heterocycles. The fourth-order valence-corrected chi connectivity index (χ4v) is 3.35. The van der Waals surface area contributed by atoms with Crippen LogP contribution in [0.3, 0.4) is 0 Å². The van der Waals surface area contributed by atoms with Gasteiger partial charge in [0.2, 0.25) is 0 Å². The molecule has 1 heterocycles. The number of hydrogen-bond acceptors (Lipinski definition) is 5. The van der Waals surface area contributed by atoms with Crippen molar-refractivity contribution >= 4 is 29.9 Å². The van der Waals surface area contributed by atoms with Crippen molar-refractivity contribution in [3.8, 4) is 5.75 Å². The summed E-state index contributed by atoms with van der Waals surface area (Å²) in [5.41, 5.74) is 1.14. The largest absolute Gasteiger partial charge is 0.496 e. The van der Waals surface area contributed by atoms with Crippen LogP contribution < -0.4 is 15.4 Å². The van der Waals surface area contributed by atoms with Gasteiger partial charge in [0, 0.05) is 37.8 Å². The summed E-state index contributed by atoms with van der Waals surface area (Å²) >= 11 is 0. The minimum absolute atomic E-state index is 0. The van der Waals surface area contributed by atoms with Crippen LogP contribution in [0.15, 0.2) is 29.3 Å². The van der Waals surface area contributed by atoms with Gasteiger partial charge in [-0.1, -0.05) is 18.2 Å². The predicted molar refractivity (Wildman–Crippen MR) is 133 cm³/mol. The summed E-state index contributed by atoms with van der Waals surface area (Å²) in [5.74, 6) is 2.29. The summed E-state index contributed by atoms with van der Waals surface area (Å²) in [7, 11) is 5.85. The lowest BCUT2D eigenvalue weighted by Gasteiger charge is -2.25. The summed E-state index contributed by atoms with van der Waals surface area (Å²) in [6.45, 7) is 7.64. The maximum atomic E-state index is 5.77. The Bertz CT molecular complexity index is 610. The van der Waals surface area contributed by atoms with Gasteiger partial charge in [-0.25, -0.2) is 0 Å². The Morgan fingerprint density at radius 1 is 1.30 bits per heavy atom. The molecule has 0 bridgehead atoms. The lowest BCUT2D eigenvalue weighted by Crippen LogP contribution is -2.39. The Kier molecular flexibility index (Phi) is 14.1. The zero-order valence-corrected chi connectivity index (χ0v) is 21.2. The second kappa shape index (κ2) is 15.7. The highest BCUT2D eigenvalue weighted by atomic mass is 127. The van der Waals surface area contributed by atoms with E-state index in [1.165, 1.54) is 0 Å². The van der Waals surface area contributed by atoms with Crippen LogP contribution in [0.2, 0.25) is 0 Å². The normalized spacial score (nSPS) is 17.5. The highest BCUT2D eigenvalue weighted by Crippen LogP contribution is 2.28. The van der Waals surface area contributed by atoms with E-state index < -0.39 is 0 Å². The van der Waals surface area contributed by atoms with Crippen LogP contribution in [-0.2, 0) is 9.47 Å². The maximum absolute atomic E-state index is 5.77. The van der Waals surface area contributed by atoms with Crippen molar-refractivity contribution in [3.63, 3.8) is 0 Å². The van der Waals surface area contributed by atoms with E-state index in [2.05, 4.69) is 42.6 Å². The second-order valence-electron chi connectivity index (χ2n) is 7.53. The van der Waals surface area contributed by atoms with Gasteiger partial charge in [-0.3, -0.25) is 4.99 Å². The molecule has 1 aliphatic rings. The van der Waals surface area contributed by atoms with E-state index in [1.807, 2.05) is 18.2 Å². The number of benzene rings is 1. The van der Waals surface area contributed by atoms with Crippen molar-refractivity contribution in [1.29, 1.82) is 0 Å². The van der Waals surface area contributed by atoms with Gasteiger partial charge in [-0.2, -0.15) is 0 Å². The summed E-state index contributed by atoms with van der Waals surface area (Å²) in [6.07, 6.45) is 2.07. The number of hydrogen-bond donors (Lipinski definition) is 2. The Balaban J connectivity index is 0.00000450. The van der Waals surface area contributed by atoms with Gasteiger partial charge in [-0.15, -0.1) is 24.0 Å². The molecular formula is C22H39IN4O3. The molecule has 2 rings (SSSR count). The monoisotopic (exact) mass is 534 g/mol.